The Morgan fingerprint density at radius 2 is 1.39 bits per heavy atom. The van der Waals surface area contributed by atoms with Crippen molar-refractivity contribution in [2.45, 2.75) is 20.3 Å². The van der Waals surface area contributed by atoms with Gasteiger partial charge in [0.05, 0.1) is 0 Å². The molecule has 3 rings (SSSR count). The summed E-state index contributed by atoms with van der Waals surface area (Å²) >= 11 is 0. The average molecular weight is 234 g/mol. The first-order chi connectivity index (χ1) is 8.70. The molecule has 0 saturated heterocycles. The van der Waals surface area contributed by atoms with E-state index in [-0.39, 0.29) is 5.41 Å². The van der Waals surface area contributed by atoms with Crippen molar-refractivity contribution in [1.29, 1.82) is 0 Å². The van der Waals surface area contributed by atoms with E-state index in [4.69, 9.17) is 0 Å². The van der Waals surface area contributed by atoms with Crippen LogP contribution in [0.5, 0.6) is 0 Å². The minimum absolute atomic E-state index is 0.186. The quantitative estimate of drug-likeness (QED) is 0.628. The summed E-state index contributed by atoms with van der Waals surface area (Å²) in [6.07, 6.45) is 10.3. The Balaban J connectivity index is 2.20. The van der Waals surface area contributed by atoms with Gasteiger partial charge in [0.1, 0.15) is 0 Å². The van der Waals surface area contributed by atoms with E-state index in [0.717, 1.165) is 6.42 Å². The van der Waals surface area contributed by atoms with Gasteiger partial charge in [-0.1, -0.05) is 62.4 Å². The Morgan fingerprint density at radius 3 is 1.83 bits per heavy atom. The summed E-state index contributed by atoms with van der Waals surface area (Å²) in [6.45, 7) is 4.52. The maximum atomic E-state index is 2.32. The van der Waals surface area contributed by atoms with Gasteiger partial charge in [-0.05, 0) is 40.5 Å². The van der Waals surface area contributed by atoms with E-state index < -0.39 is 0 Å². The molecule has 2 aromatic rings. The molecule has 0 amide bonds. The Bertz CT molecular complexity index is 592. The number of benzene rings is 2. The monoisotopic (exact) mass is 234 g/mol. The predicted molar refractivity (Wildman–Crippen MR) is 80.4 cm³/mol. The molecule has 0 nitrogen and oxygen atoms in total. The van der Waals surface area contributed by atoms with Crippen molar-refractivity contribution in [3.8, 4) is 0 Å². The molecule has 0 atom stereocenters. The second-order valence-corrected chi connectivity index (χ2v) is 5.35. The standard InChI is InChI=1S/C18H18/c1-3-18(2)10-8-16-12-14-6-4-5-7-15(14)13-17(16)9-11-18/h4-13H,3H2,1-2H3. The Kier molecular flexibility index (Phi) is 2.59. The van der Waals surface area contributed by atoms with E-state index in [1.165, 1.54) is 21.9 Å². The lowest BCUT2D eigenvalue weighted by Gasteiger charge is -2.17. The molecular weight excluding hydrogens is 216 g/mol. The fourth-order valence-corrected chi connectivity index (χ4v) is 2.42. The first kappa shape index (κ1) is 11.3. The van der Waals surface area contributed by atoms with Gasteiger partial charge < -0.3 is 0 Å². The second kappa shape index (κ2) is 4.13. The van der Waals surface area contributed by atoms with Gasteiger partial charge in [-0.15, -0.1) is 0 Å². The molecule has 0 heteroatoms. The van der Waals surface area contributed by atoms with Gasteiger partial charge in [-0.2, -0.15) is 0 Å². The molecular formula is C18H18. The van der Waals surface area contributed by atoms with Crippen LogP contribution in [-0.2, 0) is 0 Å². The third-order valence-corrected chi connectivity index (χ3v) is 4.00. The third-order valence-electron chi connectivity index (χ3n) is 4.00. The lowest BCUT2D eigenvalue weighted by Crippen LogP contribution is -2.05. The van der Waals surface area contributed by atoms with Crippen molar-refractivity contribution < 1.29 is 0 Å². The van der Waals surface area contributed by atoms with Crippen LogP contribution in [0.25, 0.3) is 22.9 Å². The predicted octanol–water partition coefficient (Wildman–Crippen LogP) is 5.30. The minimum atomic E-state index is 0.186. The van der Waals surface area contributed by atoms with Crippen molar-refractivity contribution in [1.82, 2.24) is 0 Å². The van der Waals surface area contributed by atoms with Gasteiger partial charge in [0.15, 0.2) is 0 Å². The highest BCUT2D eigenvalue weighted by atomic mass is 14.2. The highest BCUT2D eigenvalue weighted by Gasteiger charge is 2.16. The van der Waals surface area contributed by atoms with E-state index in [1.807, 2.05) is 0 Å². The SMILES string of the molecule is CCC1(C)C=Cc2cc3ccccc3cc2C=C1. The van der Waals surface area contributed by atoms with Crippen LogP contribution in [-0.4, -0.2) is 0 Å². The zero-order chi connectivity index (χ0) is 12.6. The summed E-state index contributed by atoms with van der Waals surface area (Å²) in [5, 5.41) is 2.63. The van der Waals surface area contributed by atoms with Crippen LogP contribution in [0.15, 0.2) is 48.6 Å². The van der Waals surface area contributed by atoms with Gasteiger partial charge >= 0.3 is 0 Å². The largest absolute Gasteiger partial charge is 0.0742 e. The number of allylic oxidation sites excluding steroid dienone is 2. The summed E-state index contributed by atoms with van der Waals surface area (Å²) in [4.78, 5) is 0. The highest BCUT2D eigenvalue weighted by molar-refractivity contribution is 5.89. The van der Waals surface area contributed by atoms with Crippen molar-refractivity contribution >= 4 is 22.9 Å². The molecule has 1 aliphatic rings. The molecule has 18 heavy (non-hydrogen) atoms. The van der Waals surface area contributed by atoms with Crippen molar-refractivity contribution in [3.05, 3.63) is 59.7 Å². The molecule has 1 aliphatic carbocycles. The van der Waals surface area contributed by atoms with Crippen LogP contribution < -0.4 is 0 Å². The van der Waals surface area contributed by atoms with E-state index in [2.05, 4.69) is 74.5 Å². The molecule has 0 radical (unpaired) electrons. The zero-order valence-corrected chi connectivity index (χ0v) is 11.0. The Hall–Kier alpha value is -1.82. The van der Waals surface area contributed by atoms with Crippen molar-refractivity contribution in [3.63, 3.8) is 0 Å². The smallest absolute Gasteiger partial charge is 0.00367 e. The first-order valence-corrected chi connectivity index (χ1v) is 6.61. The van der Waals surface area contributed by atoms with E-state index in [0.29, 0.717) is 0 Å². The second-order valence-electron chi connectivity index (χ2n) is 5.35. The molecule has 0 aliphatic heterocycles. The summed E-state index contributed by atoms with van der Waals surface area (Å²) in [7, 11) is 0. The maximum absolute atomic E-state index is 2.32. The maximum Gasteiger partial charge on any atom is 0.00367 e. The summed E-state index contributed by atoms with van der Waals surface area (Å²) in [6, 6.07) is 13.1. The van der Waals surface area contributed by atoms with Gasteiger partial charge in [0.25, 0.3) is 0 Å². The fraction of sp³-hybridized carbons (Fsp3) is 0.222. The number of hydrogen-bond donors (Lipinski definition) is 0. The zero-order valence-electron chi connectivity index (χ0n) is 11.0. The topological polar surface area (TPSA) is 0 Å². The fourth-order valence-electron chi connectivity index (χ4n) is 2.42. The van der Waals surface area contributed by atoms with E-state index in [9.17, 15) is 0 Å². The van der Waals surface area contributed by atoms with Gasteiger partial charge in [0.2, 0.25) is 0 Å². The number of fused-ring (bicyclic) bond motifs is 2. The van der Waals surface area contributed by atoms with Gasteiger partial charge in [-0.3, -0.25) is 0 Å². The third kappa shape index (κ3) is 1.88. The van der Waals surface area contributed by atoms with Crippen LogP contribution in [0.3, 0.4) is 0 Å². The molecule has 0 N–H and O–H groups in total. The van der Waals surface area contributed by atoms with E-state index in [1.54, 1.807) is 0 Å². The minimum Gasteiger partial charge on any atom is -0.0742 e. The lowest BCUT2D eigenvalue weighted by molar-refractivity contribution is 0.536. The number of rotatable bonds is 1. The molecule has 0 aromatic heterocycles. The molecule has 0 bridgehead atoms. The normalized spacial score (nSPS) is 16.6. The lowest BCUT2D eigenvalue weighted by atomic mass is 9.87. The van der Waals surface area contributed by atoms with Crippen LogP contribution in [0, 0.1) is 5.41 Å². The first-order valence-electron chi connectivity index (χ1n) is 6.61. The van der Waals surface area contributed by atoms with Gasteiger partial charge in [0, 0.05) is 5.41 Å². The summed E-state index contributed by atoms with van der Waals surface area (Å²) in [5.74, 6) is 0. The molecule has 0 heterocycles. The van der Waals surface area contributed by atoms with E-state index >= 15 is 0 Å². The van der Waals surface area contributed by atoms with Crippen LogP contribution in [0.2, 0.25) is 0 Å². The molecule has 0 spiro atoms. The molecule has 0 fully saturated rings. The molecule has 90 valence electrons. The Morgan fingerprint density at radius 1 is 0.889 bits per heavy atom. The van der Waals surface area contributed by atoms with Crippen molar-refractivity contribution in [2.24, 2.45) is 5.41 Å². The van der Waals surface area contributed by atoms with Gasteiger partial charge in [-0.25, -0.2) is 0 Å². The van der Waals surface area contributed by atoms with Crippen LogP contribution in [0.4, 0.5) is 0 Å². The number of hydrogen-bond acceptors (Lipinski definition) is 0. The highest BCUT2D eigenvalue weighted by Crippen LogP contribution is 2.32. The van der Waals surface area contributed by atoms with Crippen LogP contribution in [0.1, 0.15) is 31.4 Å². The summed E-state index contributed by atoms with van der Waals surface area (Å²) in [5.41, 5.74) is 2.83. The Labute approximate surface area is 109 Å². The average Bonchev–Trinajstić information content (AvgIpc) is 2.57. The molecule has 0 saturated carbocycles. The molecule has 2 aromatic carbocycles. The van der Waals surface area contributed by atoms with Crippen molar-refractivity contribution in [2.75, 3.05) is 0 Å². The summed E-state index contributed by atoms with van der Waals surface area (Å²) < 4.78 is 0. The van der Waals surface area contributed by atoms with Crippen LogP contribution >= 0.6 is 0 Å². The molecule has 0 unspecified atom stereocenters.